The zero-order chi connectivity index (χ0) is 14.9. The molecule has 0 aliphatic carbocycles. The SMILES string of the molecule is NC1(C(=O)NCc2cn3cc(Cl)ccc3n2)CCOCC1. The minimum Gasteiger partial charge on any atom is -0.381 e. The third kappa shape index (κ3) is 3.02. The standard InChI is InChI=1S/C14H17ClN4O2/c15-10-1-2-12-18-11(9-19(12)8-10)7-17-13(20)14(16)3-5-21-6-4-14/h1-2,8-9H,3-7,16H2,(H,17,20). The lowest BCUT2D eigenvalue weighted by Gasteiger charge is -2.31. The number of hydrogen-bond acceptors (Lipinski definition) is 4. The quantitative estimate of drug-likeness (QED) is 0.890. The molecular formula is C14H17ClN4O2. The first-order valence-corrected chi connectivity index (χ1v) is 7.23. The molecule has 1 aliphatic rings. The number of nitrogens with one attached hydrogen (secondary N) is 1. The molecular weight excluding hydrogens is 292 g/mol. The monoisotopic (exact) mass is 308 g/mol. The number of nitrogens with zero attached hydrogens (tertiary/aromatic N) is 2. The molecule has 7 heteroatoms. The van der Waals surface area contributed by atoms with Crippen LogP contribution < -0.4 is 11.1 Å². The molecule has 3 N–H and O–H groups in total. The van der Waals surface area contributed by atoms with Crippen molar-refractivity contribution in [1.29, 1.82) is 0 Å². The maximum Gasteiger partial charge on any atom is 0.240 e. The van der Waals surface area contributed by atoms with Crippen LogP contribution in [0.2, 0.25) is 5.02 Å². The molecule has 0 radical (unpaired) electrons. The molecule has 0 atom stereocenters. The number of carbonyl (C=O) groups is 1. The van der Waals surface area contributed by atoms with Gasteiger partial charge in [0.1, 0.15) is 5.65 Å². The van der Waals surface area contributed by atoms with Gasteiger partial charge in [0.15, 0.2) is 0 Å². The van der Waals surface area contributed by atoms with Gasteiger partial charge in [0, 0.05) is 25.6 Å². The summed E-state index contributed by atoms with van der Waals surface area (Å²) in [5, 5.41) is 3.49. The van der Waals surface area contributed by atoms with E-state index >= 15 is 0 Å². The molecule has 0 bridgehead atoms. The predicted molar refractivity (Wildman–Crippen MR) is 79.0 cm³/mol. The highest BCUT2D eigenvalue weighted by atomic mass is 35.5. The molecule has 1 saturated heterocycles. The van der Waals surface area contributed by atoms with E-state index in [1.54, 1.807) is 12.3 Å². The Balaban J connectivity index is 1.67. The molecule has 1 aliphatic heterocycles. The lowest BCUT2D eigenvalue weighted by molar-refractivity contribution is -0.129. The van der Waals surface area contributed by atoms with Crippen LogP contribution in [0.5, 0.6) is 0 Å². The first-order chi connectivity index (χ1) is 10.1. The van der Waals surface area contributed by atoms with Crippen molar-refractivity contribution >= 4 is 23.2 Å². The van der Waals surface area contributed by atoms with E-state index in [-0.39, 0.29) is 5.91 Å². The molecule has 1 fully saturated rings. The Bertz CT molecular complexity index is 664. The number of hydrogen-bond donors (Lipinski definition) is 2. The first kappa shape index (κ1) is 14.3. The highest BCUT2D eigenvalue weighted by molar-refractivity contribution is 6.30. The van der Waals surface area contributed by atoms with E-state index in [1.807, 2.05) is 16.7 Å². The summed E-state index contributed by atoms with van der Waals surface area (Å²) in [6, 6.07) is 3.61. The second-order valence-electron chi connectivity index (χ2n) is 5.30. The summed E-state index contributed by atoms with van der Waals surface area (Å²) in [4.78, 5) is 16.6. The van der Waals surface area contributed by atoms with Gasteiger partial charge in [-0.1, -0.05) is 11.6 Å². The van der Waals surface area contributed by atoms with Crippen LogP contribution >= 0.6 is 11.6 Å². The largest absolute Gasteiger partial charge is 0.381 e. The van der Waals surface area contributed by atoms with Crippen molar-refractivity contribution in [2.24, 2.45) is 5.73 Å². The zero-order valence-corrected chi connectivity index (χ0v) is 12.3. The molecule has 0 unspecified atom stereocenters. The number of fused-ring (bicyclic) bond motifs is 1. The van der Waals surface area contributed by atoms with Crippen molar-refractivity contribution in [1.82, 2.24) is 14.7 Å². The highest BCUT2D eigenvalue weighted by Gasteiger charge is 2.35. The van der Waals surface area contributed by atoms with Crippen LogP contribution in [0.25, 0.3) is 5.65 Å². The normalized spacial score (nSPS) is 17.8. The summed E-state index contributed by atoms with van der Waals surface area (Å²) in [5.41, 5.74) is 6.85. The number of pyridine rings is 1. The third-order valence-electron chi connectivity index (χ3n) is 3.73. The van der Waals surface area contributed by atoms with Gasteiger partial charge in [-0.25, -0.2) is 4.98 Å². The number of ether oxygens (including phenoxy) is 1. The van der Waals surface area contributed by atoms with Crippen molar-refractivity contribution in [3.05, 3.63) is 35.2 Å². The molecule has 0 saturated carbocycles. The molecule has 0 spiro atoms. The maximum atomic E-state index is 12.2. The van der Waals surface area contributed by atoms with Crippen LogP contribution in [0.15, 0.2) is 24.5 Å². The average molecular weight is 309 g/mol. The Morgan fingerprint density at radius 2 is 2.19 bits per heavy atom. The molecule has 112 valence electrons. The topological polar surface area (TPSA) is 81.7 Å². The van der Waals surface area contributed by atoms with Crippen molar-refractivity contribution in [3.63, 3.8) is 0 Å². The summed E-state index contributed by atoms with van der Waals surface area (Å²) >= 11 is 5.93. The van der Waals surface area contributed by atoms with Crippen LogP contribution in [0, 0.1) is 0 Å². The Hall–Kier alpha value is -1.63. The fourth-order valence-electron chi connectivity index (χ4n) is 2.41. The minimum absolute atomic E-state index is 0.152. The van der Waals surface area contributed by atoms with Crippen LogP contribution in [0.1, 0.15) is 18.5 Å². The van der Waals surface area contributed by atoms with Crippen molar-refractivity contribution in [2.75, 3.05) is 13.2 Å². The van der Waals surface area contributed by atoms with Gasteiger partial charge >= 0.3 is 0 Å². The molecule has 6 nitrogen and oxygen atoms in total. The van der Waals surface area contributed by atoms with Crippen molar-refractivity contribution in [3.8, 4) is 0 Å². The van der Waals surface area contributed by atoms with E-state index in [9.17, 15) is 4.79 Å². The summed E-state index contributed by atoms with van der Waals surface area (Å²) in [6.45, 7) is 1.39. The van der Waals surface area contributed by atoms with E-state index in [0.29, 0.717) is 37.6 Å². The predicted octanol–water partition coefficient (Wildman–Crippen LogP) is 1.11. The second-order valence-corrected chi connectivity index (χ2v) is 5.73. The summed E-state index contributed by atoms with van der Waals surface area (Å²) in [6.07, 6.45) is 4.70. The van der Waals surface area contributed by atoms with Gasteiger partial charge in [-0.05, 0) is 25.0 Å². The van der Waals surface area contributed by atoms with Crippen molar-refractivity contribution in [2.45, 2.75) is 24.9 Å². The Morgan fingerprint density at radius 3 is 2.95 bits per heavy atom. The van der Waals surface area contributed by atoms with Crippen LogP contribution in [-0.4, -0.2) is 34.0 Å². The summed E-state index contributed by atoms with van der Waals surface area (Å²) < 4.78 is 7.07. The van der Waals surface area contributed by atoms with Gasteiger partial charge in [-0.15, -0.1) is 0 Å². The van der Waals surface area contributed by atoms with Gasteiger partial charge in [0.2, 0.25) is 5.91 Å². The molecule has 0 aromatic carbocycles. The minimum atomic E-state index is -0.833. The fourth-order valence-corrected chi connectivity index (χ4v) is 2.58. The van der Waals surface area contributed by atoms with Crippen LogP contribution in [0.4, 0.5) is 0 Å². The van der Waals surface area contributed by atoms with E-state index in [4.69, 9.17) is 22.1 Å². The number of nitrogens with two attached hydrogens (primary N) is 1. The number of carbonyl (C=O) groups excluding carboxylic acids is 1. The number of imidazole rings is 1. The molecule has 3 heterocycles. The Morgan fingerprint density at radius 1 is 1.43 bits per heavy atom. The highest BCUT2D eigenvalue weighted by Crippen LogP contribution is 2.18. The Kier molecular flexibility index (Phi) is 3.84. The molecule has 3 rings (SSSR count). The average Bonchev–Trinajstić information content (AvgIpc) is 2.87. The van der Waals surface area contributed by atoms with Crippen LogP contribution in [-0.2, 0) is 16.1 Å². The third-order valence-corrected chi connectivity index (χ3v) is 3.96. The van der Waals surface area contributed by atoms with E-state index in [1.165, 1.54) is 0 Å². The summed E-state index contributed by atoms with van der Waals surface area (Å²) in [5.74, 6) is -0.152. The second kappa shape index (κ2) is 5.63. The number of aromatic nitrogens is 2. The summed E-state index contributed by atoms with van der Waals surface area (Å²) in [7, 11) is 0. The lowest BCUT2D eigenvalue weighted by atomic mass is 9.90. The van der Waals surface area contributed by atoms with Gasteiger partial charge in [-0.2, -0.15) is 0 Å². The van der Waals surface area contributed by atoms with E-state index < -0.39 is 5.54 Å². The van der Waals surface area contributed by atoms with E-state index in [2.05, 4.69) is 10.3 Å². The van der Waals surface area contributed by atoms with Crippen LogP contribution in [0.3, 0.4) is 0 Å². The molecule has 2 aromatic rings. The number of rotatable bonds is 3. The van der Waals surface area contributed by atoms with Gasteiger partial charge in [0.05, 0.1) is 22.8 Å². The number of amides is 1. The molecule has 21 heavy (non-hydrogen) atoms. The van der Waals surface area contributed by atoms with E-state index in [0.717, 1.165) is 11.3 Å². The lowest BCUT2D eigenvalue weighted by Crippen LogP contribution is -2.56. The van der Waals surface area contributed by atoms with Gasteiger partial charge < -0.3 is 20.2 Å². The maximum absolute atomic E-state index is 12.2. The smallest absolute Gasteiger partial charge is 0.240 e. The molecule has 2 aromatic heterocycles. The fraction of sp³-hybridized carbons (Fsp3) is 0.429. The van der Waals surface area contributed by atoms with Crippen molar-refractivity contribution < 1.29 is 9.53 Å². The Labute approximate surface area is 127 Å². The van der Waals surface area contributed by atoms with Gasteiger partial charge in [0.25, 0.3) is 0 Å². The van der Waals surface area contributed by atoms with Gasteiger partial charge in [-0.3, -0.25) is 4.79 Å². The zero-order valence-electron chi connectivity index (χ0n) is 11.5. The molecule has 1 amide bonds. The number of halogens is 1. The first-order valence-electron chi connectivity index (χ1n) is 6.85.